The second kappa shape index (κ2) is 6.50. The van der Waals surface area contributed by atoms with Gasteiger partial charge in [-0.25, -0.2) is 0 Å². The lowest BCUT2D eigenvalue weighted by molar-refractivity contribution is -0.122. The van der Waals surface area contributed by atoms with Gasteiger partial charge in [0, 0.05) is 24.9 Å². The maximum absolute atomic E-state index is 12.0. The van der Waals surface area contributed by atoms with Crippen LogP contribution < -0.4 is 4.90 Å². The quantitative estimate of drug-likeness (QED) is 0.625. The van der Waals surface area contributed by atoms with Crippen molar-refractivity contribution < 1.29 is 14.3 Å². The van der Waals surface area contributed by atoms with Crippen LogP contribution in [0, 0.1) is 0 Å². The number of nitrogens with zero attached hydrogens (tertiary/aromatic N) is 1. The van der Waals surface area contributed by atoms with Gasteiger partial charge in [0.2, 0.25) is 0 Å². The highest BCUT2D eigenvalue weighted by atomic mass is 79.9. The molecule has 1 aliphatic rings. The molecule has 1 heterocycles. The summed E-state index contributed by atoms with van der Waals surface area (Å²) in [6.07, 6.45) is 1.80. The summed E-state index contributed by atoms with van der Waals surface area (Å²) in [5, 5.41) is 0. The summed E-state index contributed by atoms with van der Waals surface area (Å²) in [4.78, 5) is 25.6. The van der Waals surface area contributed by atoms with E-state index in [-0.39, 0.29) is 23.1 Å². The number of ketones is 1. The fourth-order valence-electron chi connectivity index (χ4n) is 2.44. The van der Waals surface area contributed by atoms with E-state index < -0.39 is 0 Å². The monoisotopic (exact) mass is 339 g/mol. The smallest absolute Gasteiger partial charge is 0.252 e. The van der Waals surface area contributed by atoms with Gasteiger partial charge < -0.3 is 9.64 Å². The van der Waals surface area contributed by atoms with Crippen molar-refractivity contribution in [1.82, 2.24) is 0 Å². The first kappa shape index (κ1) is 15.2. The summed E-state index contributed by atoms with van der Waals surface area (Å²) in [5.74, 6) is 0.0227. The number of halogens is 1. The van der Waals surface area contributed by atoms with Crippen LogP contribution in [0.15, 0.2) is 18.2 Å². The minimum absolute atomic E-state index is 0.0404. The molecule has 0 fully saturated rings. The highest BCUT2D eigenvalue weighted by Gasteiger charge is 2.23. The molecule has 0 radical (unpaired) electrons. The molecule has 0 saturated heterocycles. The standard InChI is InChI=1S/C15H18BrNO3/c1-10(16)15(19)12-5-6-13-11(8-12)4-3-7-17(13)14(18)9-20-2/h5-6,8,10H,3-4,7,9H2,1-2H3. The van der Waals surface area contributed by atoms with E-state index in [1.54, 1.807) is 11.0 Å². The fraction of sp³-hybridized carbons (Fsp3) is 0.467. The molecule has 0 saturated carbocycles. The van der Waals surface area contributed by atoms with Crippen molar-refractivity contribution in [3.63, 3.8) is 0 Å². The minimum Gasteiger partial charge on any atom is -0.375 e. The van der Waals surface area contributed by atoms with E-state index in [9.17, 15) is 9.59 Å². The van der Waals surface area contributed by atoms with E-state index in [1.165, 1.54) is 7.11 Å². The molecule has 2 rings (SSSR count). The van der Waals surface area contributed by atoms with E-state index >= 15 is 0 Å². The van der Waals surface area contributed by atoms with Crippen LogP contribution in [0.2, 0.25) is 0 Å². The molecule has 0 bridgehead atoms. The van der Waals surface area contributed by atoms with Crippen LogP contribution in [-0.2, 0) is 16.0 Å². The van der Waals surface area contributed by atoms with Crippen LogP contribution in [-0.4, -0.2) is 36.8 Å². The number of aryl methyl sites for hydroxylation is 1. The SMILES string of the molecule is COCC(=O)N1CCCc2cc(C(=O)C(C)Br)ccc21. The number of alkyl halides is 1. The molecule has 0 aromatic heterocycles. The number of amides is 1. The Morgan fingerprint density at radius 3 is 2.85 bits per heavy atom. The molecule has 1 aliphatic heterocycles. The first-order chi connectivity index (χ1) is 9.54. The lowest BCUT2D eigenvalue weighted by Crippen LogP contribution is -2.37. The number of benzene rings is 1. The second-order valence-corrected chi connectivity index (χ2v) is 6.28. The Bertz CT molecular complexity index is 528. The van der Waals surface area contributed by atoms with Crippen molar-refractivity contribution in [3.8, 4) is 0 Å². The van der Waals surface area contributed by atoms with Crippen LogP contribution in [0.3, 0.4) is 0 Å². The second-order valence-electron chi connectivity index (χ2n) is 4.91. The molecule has 0 spiro atoms. The topological polar surface area (TPSA) is 46.6 Å². The van der Waals surface area contributed by atoms with Crippen molar-refractivity contribution in [2.75, 3.05) is 25.2 Å². The number of hydrogen-bond donors (Lipinski definition) is 0. The number of Topliss-reactive ketones (excluding diaryl/α,β-unsaturated/α-hetero) is 1. The number of fused-ring (bicyclic) bond motifs is 1. The van der Waals surface area contributed by atoms with Crippen molar-refractivity contribution >= 4 is 33.3 Å². The summed E-state index contributed by atoms with van der Waals surface area (Å²) in [6.45, 7) is 2.60. The summed E-state index contributed by atoms with van der Waals surface area (Å²) in [7, 11) is 1.52. The van der Waals surface area contributed by atoms with Crippen LogP contribution in [0.5, 0.6) is 0 Å². The fourth-order valence-corrected chi connectivity index (χ4v) is 2.70. The summed E-state index contributed by atoms with van der Waals surface area (Å²) >= 11 is 3.30. The summed E-state index contributed by atoms with van der Waals surface area (Å²) < 4.78 is 4.91. The zero-order valence-electron chi connectivity index (χ0n) is 11.7. The van der Waals surface area contributed by atoms with Gasteiger partial charge in [-0.15, -0.1) is 0 Å². The Labute approximate surface area is 127 Å². The highest BCUT2D eigenvalue weighted by molar-refractivity contribution is 9.10. The molecule has 1 atom stereocenters. The third kappa shape index (κ3) is 3.10. The first-order valence-corrected chi connectivity index (χ1v) is 7.56. The Morgan fingerprint density at radius 1 is 1.45 bits per heavy atom. The van der Waals surface area contributed by atoms with Crippen LogP contribution >= 0.6 is 15.9 Å². The van der Waals surface area contributed by atoms with Crippen LogP contribution in [0.4, 0.5) is 5.69 Å². The van der Waals surface area contributed by atoms with E-state index in [0.29, 0.717) is 12.1 Å². The third-order valence-electron chi connectivity index (χ3n) is 3.41. The maximum Gasteiger partial charge on any atom is 0.252 e. The number of ether oxygens (including phenoxy) is 1. The van der Waals surface area contributed by atoms with E-state index in [4.69, 9.17) is 4.74 Å². The van der Waals surface area contributed by atoms with Gasteiger partial charge >= 0.3 is 0 Å². The number of hydrogen-bond acceptors (Lipinski definition) is 3. The number of carbonyl (C=O) groups excluding carboxylic acids is 2. The van der Waals surface area contributed by atoms with Gasteiger partial charge in [-0.05, 0) is 43.5 Å². The van der Waals surface area contributed by atoms with Crippen LogP contribution in [0.1, 0.15) is 29.3 Å². The Kier molecular flexibility index (Phi) is 4.94. The van der Waals surface area contributed by atoms with Crippen LogP contribution in [0.25, 0.3) is 0 Å². The Morgan fingerprint density at radius 2 is 2.20 bits per heavy atom. The van der Waals surface area contributed by atoms with E-state index in [1.807, 2.05) is 19.1 Å². The lowest BCUT2D eigenvalue weighted by Gasteiger charge is -2.29. The average Bonchev–Trinajstić information content (AvgIpc) is 2.45. The molecule has 20 heavy (non-hydrogen) atoms. The molecule has 108 valence electrons. The van der Waals surface area contributed by atoms with Gasteiger partial charge in [-0.3, -0.25) is 9.59 Å². The van der Waals surface area contributed by atoms with Gasteiger partial charge in [0.15, 0.2) is 5.78 Å². The average molecular weight is 340 g/mol. The largest absolute Gasteiger partial charge is 0.375 e. The molecule has 1 aromatic rings. The predicted molar refractivity (Wildman–Crippen MR) is 81.7 cm³/mol. The van der Waals surface area contributed by atoms with Gasteiger partial charge in [0.25, 0.3) is 5.91 Å². The van der Waals surface area contributed by atoms with E-state index in [2.05, 4.69) is 15.9 Å². The Balaban J connectivity index is 2.30. The summed E-state index contributed by atoms with van der Waals surface area (Å²) in [5.41, 5.74) is 2.64. The lowest BCUT2D eigenvalue weighted by atomic mass is 9.97. The van der Waals surface area contributed by atoms with Crippen molar-refractivity contribution in [1.29, 1.82) is 0 Å². The summed E-state index contributed by atoms with van der Waals surface area (Å²) in [6, 6.07) is 5.56. The highest BCUT2D eigenvalue weighted by Crippen LogP contribution is 2.29. The number of anilines is 1. The molecular formula is C15H18BrNO3. The van der Waals surface area contributed by atoms with Crippen molar-refractivity contribution in [2.24, 2.45) is 0 Å². The van der Waals surface area contributed by atoms with Gasteiger partial charge in [-0.1, -0.05) is 15.9 Å². The predicted octanol–water partition coefficient (Wildman–Crippen LogP) is 2.58. The molecule has 4 nitrogen and oxygen atoms in total. The van der Waals surface area contributed by atoms with E-state index in [0.717, 1.165) is 24.1 Å². The van der Waals surface area contributed by atoms with Crippen molar-refractivity contribution in [2.45, 2.75) is 24.6 Å². The van der Waals surface area contributed by atoms with Gasteiger partial charge in [-0.2, -0.15) is 0 Å². The zero-order chi connectivity index (χ0) is 14.7. The Hall–Kier alpha value is -1.20. The molecule has 1 unspecified atom stereocenters. The zero-order valence-corrected chi connectivity index (χ0v) is 13.3. The normalized spacial score (nSPS) is 15.7. The molecular weight excluding hydrogens is 322 g/mol. The minimum atomic E-state index is -0.199. The third-order valence-corrected chi connectivity index (χ3v) is 3.83. The molecule has 1 amide bonds. The number of carbonyl (C=O) groups is 2. The molecule has 5 heteroatoms. The van der Waals surface area contributed by atoms with Gasteiger partial charge in [0.1, 0.15) is 6.61 Å². The molecule has 0 N–H and O–H groups in total. The molecule has 0 aliphatic carbocycles. The van der Waals surface area contributed by atoms with Crippen molar-refractivity contribution in [3.05, 3.63) is 29.3 Å². The molecule has 1 aromatic carbocycles. The maximum atomic E-state index is 12.0. The van der Waals surface area contributed by atoms with Gasteiger partial charge in [0.05, 0.1) is 4.83 Å². The first-order valence-electron chi connectivity index (χ1n) is 6.65. The number of methoxy groups -OCH3 is 1. The number of rotatable bonds is 4.